The number of hydrogen-bond acceptors (Lipinski definition) is 4. The Labute approximate surface area is 89.9 Å². The van der Waals surface area contributed by atoms with Crippen LogP contribution in [0.25, 0.3) is 0 Å². The Morgan fingerprint density at radius 1 is 1.60 bits per heavy atom. The van der Waals surface area contributed by atoms with Gasteiger partial charge in [0.25, 0.3) is 0 Å². The fourth-order valence-electron chi connectivity index (χ4n) is 2.50. The summed E-state index contributed by atoms with van der Waals surface area (Å²) in [7, 11) is 0. The van der Waals surface area contributed by atoms with Gasteiger partial charge in [-0.3, -0.25) is 9.69 Å². The summed E-state index contributed by atoms with van der Waals surface area (Å²) in [5.74, 6) is -0.256. The monoisotopic (exact) mass is 213 g/mol. The van der Waals surface area contributed by atoms with Gasteiger partial charge in [0, 0.05) is 32.3 Å². The molecule has 2 fully saturated rings. The predicted octanol–water partition coefficient (Wildman–Crippen LogP) is -1.08. The van der Waals surface area contributed by atoms with Gasteiger partial charge in [0.15, 0.2) is 0 Å². The van der Waals surface area contributed by atoms with E-state index >= 15 is 0 Å². The summed E-state index contributed by atoms with van der Waals surface area (Å²) in [4.78, 5) is 13.4. The lowest BCUT2D eigenvalue weighted by molar-refractivity contribution is -0.121. The molecule has 2 aliphatic rings. The van der Waals surface area contributed by atoms with E-state index in [0.717, 1.165) is 32.7 Å². The molecule has 0 spiro atoms. The highest BCUT2D eigenvalue weighted by atomic mass is 16.5. The lowest BCUT2D eigenvalue weighted by Gasteiger charge is -2.34. The summed E-state index contributed by atoms with van der Waals surface area (Å²) in [6.45, 7) is 5.28. The van der Waals surface area contributed by atoms with Gasteiger partial charge in [0.1, 0.15) is 0 Å². The van der Waals surface area contributed by atoms with Gasteiger partial charge in [0.2, 0.25) is 5.91 Å². The largest absolute Gasteiger partial charge is 0.377 e. The molecule has 0 saturated carbocycles. The number of carbonyl (C=O) groups excluding carboxylic acids is 1. The van der Waals surface area contributed by atoms with Crippen molar-refractivity contribution >= 4 is 5.91 Å². The molecule has 0 aromatic rings. The number of rotatable bonds is 3. The Balaban J connectivity index is 1.89. The minimum atomic E-state index is -0.256. The van der Waals surface area contributed by atoms with Crippen LogP contribution in [0.2, 0.25) is 0 Å². The number of nitrogens with two attached hydrogens (primary N) is 1. The van der Waals surface area contributed by atoms with Crippen molar-refractivity contribution in [2.45, 2.75) is 31.5 Å². The maximum atomic E-state index is 11.1. The van der Waals surface area contributed by atoms with Crippen LogP contribution in [-0.4, -0.2) is 55.2 Å². The number of piperazine rings is 1. The van der Waals surface area contributed by atoms with Crippen LogP contribution in [0.15, 0.2) is 0 Å². The highest BCUT2D eigenvalue weighted by Gasteiger charge is 2.38. The molecule has 15 heavy (non-hydrogen) atoms. The van der Waals surface area contributed by atoms with Gasteiger partial charge in [-0.2, -0.15) is 0 Å². The summed E-state index contributed by atoms with van der Waals surface area (Å²) < 4.78 is 5.60. The van der Waals surface area contributed by atoms with E-state index in [0.29, 0.717) is 12.1 Å². The highest BCUT2D eigenvalue weighted by molar-refractivity contribution is 5.80. The third-order valence-electron chi connectivity index (χ3n) is 3.25. The molecule has 86 valence electrons. The number of nitrogens with zero attached hydrogens (tertiary/aromatic N) is 1. The van der Waals surface area contributed by atoms with Gasteiger partial charge in [-0.1, -0.05) is 0 Å². The van der Waals surface area contributed by atoms with Gasteiger partial charge >= 0.3 is 0 Å². The van der Waals surface area contributed by atoms with Crippen LogP contribution < -0.4 is 11.1 Å². The summed E-state index contributed by atoms with van der Waals surface area (Å²) in [5.41, 5.74) is 5.28. The van der Waals surface area contributed by atoms with Gasteiger partial charge in [-0.15, -0.1) is 0 Å². The zero-order valence-corrected chi connectivity index (χ0v) is 9.11. The smallest absolute Gasteiger partial charge is 0.235 e. The zero-order valence-electron chi connectivity index (χ0n) is 9.11. The Bertz CT molecular complexity index is 247. The molecule has 3 N–H and O–H groups in total. The molecule has 2 saturated heterocycles. The molecule has 0 aromatic carbocycles. The first-order valence-corrected chi connectivity index (χ1v) is 5.59. The molecule has 5 heteroatoms. The van der Waals surface area contributed by atoms with Crippen molar-refractivity contribution in [3.63, 3.8) is 0 Å². The number of primary amides is 1. The second-order valence-corrected chi connectivity index (χ2v) is 4.28. The number of carbonyl (C=O) groups is 1. The third kappa shape index (κ3) is 2.30. The number of nitrogens with one attached hydrogen (secondary N) is 1. The molecule has 5 nitrogen and oxygen atoms in total. The summed E-state index contributed by atoms with van der Waals surface area (Å²) in [5, 5.41) is 3.18. The molecule has 2 rings (SSSR count). The zero-order chi connectivity index (χ0) is 10.8. The third-order valence-corrected chi connectivity index (χ3v) is 3.25. The molecular weight excluding hydrogens is 194 g/mol. The van der Waals surface area contributed by atoms with Crippen molar-refractivity contribution in [1.82, 2.24) is 10.2 Å². The number of amides is 1. The quantitative estimate of drug-likeness (QED) is 0.626. The van der Waals surface area contributed by atoms with Crippen LogP contribution in [0.4, 0.5) is 0 Å². The van der Waals surface area contributed by atoms with Crippen LogP contribution in [0.3, 0.4) is 0 Å². The molecule has 0 bridgehead atoms. The molecule has 0 aromatic heterocycles. The first-order chi connectivity index (χ1) is 7.20. The standard InChI is InChI=1S/C10H19N3O2/c1-2-15-8-3-7-4-12-9(10(11)14)6-13(7)5-8/h7-9,12H,2-6H2,1H3,(H2,11,14). The molecule has 0 aliphatic carbocycles. The van der Waals surface area contributed by atoms with E-state index in [1.54, 1.807) is 0 Å². The van der Waals surface area contributed by atoms with E-state index in [-0.39, 0.29) is 11.9 Å². The second-order valence-electron chi connectivity index (χ2n) is 4.28. The van der Waals surface area contributed by atoms with Crippen molar-refractivity contribution in [3.05, 3.63) is 0 Å². The van der Waals surface area contributed by atoms with Gasteiger partial charge < -0.3 is 15.8 Å². The van der Waals surface area contributed by atoms with E-state index in [1.165, 1.54) is 0 Å². The molecular formula is C10H19N3O2. The van der Waals surface area contributed by atoms with Gasteiger partial charge in [-0.25, -0.2) is 0 Å². The maximum absolute atomic E-state index is 11.1. The number of hydrogen-bond donors (Lipinski definition) is 2. The molecule has 3 atom stereocenters. The van der Waals surface area contributed by atoms with E-state index in [4.69, 9.17) is 10.5 Å². The van der Waals surface area contributed by atoms with Gasteiger partial charge in [-0.05, 0) is 13.3 Å². The lowest BCUT2D eigenvalue weighted by atomic mass is 10.1. The molecule has 2 heterocycles. The van der Waals surface area contributed by atoms with Crippen LogP contribution in [-0.2, 0) is 9.53 Å². The van der Waals surface area contributed by atoms with E-state index in [2.05, 4.69) is 10.2 Å². The average Bonchev–Trinajstić information content (AvgIpc) is 2.59. The Morgan fingerprint density at radius 2 is 2.40 bits per heavy atom. The molecule has 2 aliphatic heterocycles. The molecule has 3 unspecified atom stereocenters. The summed E-state index contributed by atoms with van der Waals surface area (Å²) in [6, 6.07) is 0.318. The highest BCUT2D eigenvalue weighted by Crippen LogP contribution is 2.22. The first-order valence-electron chi connectivity index (χ1n) is 5.59. The van der Waals surface area contributed by atoms with Crippen molar-refractivity contribution in [3.8, 4) is 0 Å². The Hall–Kier alpha value is -0.650. The van der Waals surface area contributed by atoms with Crippen LogP contribution in [0.1, 0.15) is 13.3 Å². The van der Waals surface area contributed by atoms with Crippen molar-refractivity contribution in [1.29, 1.82) is 0 Å². The van der Waals surface area contributed by atoms with E-state index in [1.807, 2.05) is 6.92 Å². The minimum Gasteiger partial charge on any atom is -0.377 e. The van der Waals surface area contributed by atoms with Crippen molar-refractivity contribution in [2.75, 3.05) is 26.2 Å². The van der Waals surface area contributed by atoms with Crippen LogP contribution >= 0.6 is 0 Å². The van der Waals surface area contributed by atoms with E-state index in [9.17, 15) is 4.79 Å². The predicted molar refractivity (Wildman–Crippen MR) is 56.4 cm³/mol. The molecule has 0 radical (unpaired) electrons. The van der Waals surface area contributed by atoms with Crippen molar-refractivity contribution < 1.29 is 9.53 Å². The fourth-order valence-corrected chi connectivity index (χ4v) is 2.50. The van der Waals surface area contributed by atoms with Gasteiger partial charge in [0.05, 0.1) is 12.1 Å². The maximum Gasteiger partial charge on any atom is 0.235 e. The normalized spacial score (nSPS) is 36.5. The number of ether oxygens (including phenoxy) is 1. The summed E-state index contributed by atoms with van der Waals surface area (Å²) in [6.07, 6.45) is 1.39. The number of fused-ring (bicyclic) bond motifs is 1. The van der Waals surface area contributed by atoms with Crippen molar-refractivity contribution in [2.24, 2.45) is 5.73 Å². The van der Waals surface area contributed by atoms with E-state index < -0.39 is 0 Å². The average molecular weight is 213 g/mol. The van der Waals surface area contributed by atoms with Crippen LogP contribution in [0, 0.1) is 0 Å². The Morgan fingerprint density at radius 3 is 3.07 bits per heavy atom. The SMILES string of the molecule is CCOC1CC2CNC(C(N)=O)CN2C1. The summed E-state index contributed by atoms with van der Waals surface area (Å²) >= 11 is 0. The molecule has 1 amide bonds. The Kier molecular flexibility index (Phi) is 3.23. The first kappa shape index (κ1) is 10.9. The lowest BCUT2D eigenvalue weighted by Crippen LogP contribution is -2.58. The topological polar surface area (TPSA) is 67.6 Å². The van der Waals surface area contributed by atoms with Crippen LogP contribution in [0.5, 0.6) is 0 Å². The minimum absolute atomic E-state index is 0.193. The fraction of sp³-hybridized carbons (Fsp3) is 0.900. The second kappa shape index (κ2) is 4.47.